The molecule has 0 spiro atoms. The maximum Gasteiger partial charge on any atom is 0.326 e. The average molecular weight is 242 g/mol. The third kappa shape index (κ3) is 4.34. The lowest BCUT2D eigenvalue weighted by atomic mass is 10.1. The summed E-state index contributed by atoms with van der Waals surface area (Å²) in [7, 11) is 1.97. The molecular weight excluding hydrogens is 220 g/mol. The van der Waals surface area contributed by atoms with Crippen LogP contribution in [0.5, 0.6) is 0 Å². The van der Waals surface area contributed by atoms with E-state index >= 15 is 0 Å². The molecule has 1 heterocycles. The van der Waals surface area contributed by atoms with Gasteiger partial charge in [-0.1, -0.05) is 19.8 Å². The summed E-state index contributed by atoms with van der Waals surface area (Å²) in [6, 6.07) is -0.728. The number of hydrogen-bond donors (Lipinski definition) is 2. The summed E-state index contributed by atoms with van der Waals surface area (Å²) < 4.78 is 0. The molecule has 0 aliphatic carbocycles. The van der Waals surface area contributed by atoms with Gasteiger partial charge in [0.1, 0.15) is 6.04 Å². The van der Waals surface area contributed by atoms with Crippen LogP contribution in [0.25, 0.3) is 0 Å². The van der Waals surface area contributed by atoms with Gasteiger partial charge in [-0.25, -0.2) is 4.79 Å². The molecule has 0 radical (unpaired) electrons. The summed E-state index contributed by atoms with van der Waals surface area (Å²) in [5, 5.41) is 11.7. The first kappa shape index (κ1) is 14.0. The van der Waals surface area contributed by atoms with E-state index in [-0.39, 0.29) is 11.8 Å². The minimum atomic E-state index is -0.932. The first-order chi connectivity index (χ1) is 8.04. The fourth-order valence-electron chi connectivity index (χ4n) is 2.10. The van der Waals surface area contributed by atoms with Crippen molar-refractivity contribution in [3.8, 4) is 0 Å². The second-order valence-electron chi connectivity index (χ2n) is 4.79. The summed E-state index contributed by atoms with van der Waals surface area (Å²) in [4.78, 5) is 25.0. The quantitative estimate of drug-likeness (QED) is 0.719. The van der Waals surface area contributed by atoms with E-state index in [0.717, 1.165) is 32.4 Å². The number of unbranched alkanes of at least 4 members (excludes halogenated alkanes) is 1. The Morgan fingerprint density at radius 2 is 2.24 bits per heavy atom. The first-order valence-electron chi connectivity index (χ1n) is 6.26. The van der Waals surface area contributed by atoms with Crippen molar-refractivity contribution in [3.05, 3.63) is 0 Å². The van der Waals surface area contributed by atoms with Gasteiger partial charge in [0.25, 0.3) is 0 Å². The van der Waals surface area contributed by atoms with Crippen molar-refractivity contribution >= 4 is 11.9 Å². The van der Waals surface area contributed by atoms with Crippen molar-refractivity contribution in [2.24, 2.45) is 5.92 Å². The van der Waals surface area contributed by atoms with E-state index < -0.39 is 12.0 Å². The fraction of sp³-hybridized carbons (Fsp3) is 0.833. The maximum atomic E-state index is 11.9. The van der Waals surface area contributed by atoms with Crippen LogP contribution in [0.2, 0.25) is 0 Å². The highest BCUT2D eigenvalue weighted by Crippen LogP contribution is 2.15. The summed E-state index contributed by atoms with van der Waals surface area (Å²) in [5.74, 6) is -1.10. The number of carboxylic acids is 1. The molecule has 1 aliphatic heterocycles. The number of carbonyl (C=O) groups is 2. The number of nitrogens with one attached hydrogen (secondary N) is 1. The van der Waals surface area contributed by atoms with E-state index in [2.05, 4.69) is 10.2 Å². The van der Waals surface area contributed by atoms with E-state index in [1.165, 1.54) is 0 Å². The molecule has 17 heavy (non-hydrogen) atoms. The van der Waals surface area contributed by atoms with Crippen LogP contribution in [0.3, 0.4) is 0 Å². The molecule has 1 amide bonds. The van der Waals surface area contributed by atoms with E-state index in [1.807, 2.05) is 14.0 Å². The van der Waals surface area contributed by atoms with Gasteiger partial charge in [-0.15, -0.1) is 0 Å². The summed E-state index contributed by atoms with van der Waals surface area (Å²) in [5.41, 5.74) is 0. The smallest absolute Gasteiger partial charge is 0.326 e. The molecule has 5 nitrogen and oxygen atoms in total. The second kappa shape index (κ2) is 6.59. The van der Waals surface area contributed by atoms with Crippen molar-refractivity contribution in [1.82, 2.24) is 10.2 Å². The van der Waals surface area contributed by atoms with E-state index in [1.54, 1.807) is 0 Å². The Morgan fingerprint density at radius 3 is 2.71 bits per heavy atom. The molecule has 1 aliphatic rings. The maximum absolute atomic E-state index is 11.9. The predicted molar refractivity (Wildman–Crippen MR) is 64.7 cm³/mol. The van der Waals surface area contributed by atoms with Crippen molar-refractivity contribution in [1.29, 1.82) is 0 Å². The summed E-state index contributed by atoms with van der Waals surface area (Å²) in [6.07, 6.45) is 3.09. The van der Waals surface area contributed by atoms with Gasteiger partial charge in [0.2, 0.25) is 5.91 Å². The van der Waals surface area contributed by atoms with Crippen LogP contribution in [-0.4, -0.2) is 48.1 Å². The highest BCUT2D eigenvalue weighted by molar-refractivity contribution is 5.85. The SMILES string of the molecule is CCCCC(NC(=O)C1CCN(C)C1)C(=O)O. The van der Waals surface area contributed by atoms with Crippen molar-refractivity contribution in [3.63, 3.8) is 0 Å². The van der Waals surface area contributed by atoms with Gasteiger partial charge < -0.3 is 15.3 Å². The second-order valence-corrected chi connectivity index (χ2v) is 4.79. The van der Waals surface area contributed by atoms with Gasteiger partial charge in [-0.3, -0.25) is 4.79 Å². The van der Waals surface area contributed by atoms with Crippen LogP contribution in [0.15, 0.2) is 0 Å². The number of amides is 1. The Labute approximate surface area is 102 Å². The van der Waals surface area contributed by atoms with Gasteiger partial charge in [0.05, 0.1) is 5.92 Å². The Balaban J connectivity index is 2.43. The van der Waals surface area contributed by atoms with Crippen molar-refractivity contribution in [2.45, 2.75) is 38.6 Å². The van der Waals surface area contributed by atoms with Gasteiger partial charge in [0.15, 0.2) is 0 Å². The molecule has 2 N–H and O–H groups in total. The number of likely N-dealkylation sites (tertiary alicyclic amines) is 1. The topological polar surface area (TPSA) is 69.6 Å². The zero-order chi connectivity index (χ0) is 12.8. The zero-order valence-corrected chi connectivity index (χ0v) is 10.6. The molecule has 2 unspecified atom stereocenters. The van der Waals surface area contributed by atoms with E-state index in [9.17, 15) is 9.59 Å². The number of hydrogen-bond acceptors (Lipinski definition) is 3. The minimum Gasteiger partial charge on any atom is -0.480 e. The lowest BCUT2D eigenvalue weighted by Gasteiger charge is -2.17. The van der Waals surface area contributed by atoms with Gasteiger partial charge >= 0.3 is 5.97 Å². The Morgan fingerprint density at radius 1 is 1.53 bits per heavy atom. The molecule has 1 saturated heterocycles. The number of carboxylic acid groups (broad SMARTS) is 1. The van der Waals surface area contributed by atoms with Crippen molar-refractivity contribution < 1.29 is 14.7 Å². The van der Waals surface area contributed by atoms with Crippen LogP contribution in [0.1, 0.15) is 32.6 Å². The van der Waals surface area contributed by atoms with Gasteiger partial charge in [0, 0.05) is 6.54 Å². The predicted octanol–water partition coefficient (Wildman–Crippen LogP) is 0.698. The molecule has 0 bridgehead atoms. The largest absolute Gasteiger partial charge is 0.480 e. The van der Waals surface area contributed by atoms with Gasteiger partial charge in [-0.05, 0) is 26.4 Å². The monoisotopic (exact) mass is 242 g/mol. The van der Waals surface area contributed by atoms with Gasteiger partial charge in [-0.2, -0.15) is 0 Å². The molecule has 0 aromatic heterocycles. The van der Waals surface area contributed by atoms with Crippen LogP contribution >= 0.6 is 0 Å². The zero-order valence-electron chi connectivity index (χ0n) is 10.6. The van der Waals surface area contributed by atoms with Crippen LogP contribution < -0.4 is 5.32 Å². The lowest BCUT2D eigenvalue weighted by Crippen LogP contribution is -2.44. The van der Waals surface area contributed by atoms with E-state index in [0.29, 0.717) is 6.42 Å². The third-order valence-electron chi connectivity index (χ3n) is 3.22. The number of aliphatic carboxylic acids is 1. The first-order valence-corrected chi connectivity index (χ1v) is 6.26. The standard InChI is InChI=1S/C12H22N2O3/c1-3-4-5-10(12(16)17)13-11(15)9-6-7-14(2)8-9/h9-10H,3-8H2,1-2H3,(H,13,15)(H,16,17). The Kier molecular flexibility index (Phi) is 5.41. The fourth-order valence-corrected chi connectivity index (χ4v) is 2.10. The number of nitrogens with zero attached hydrogens (tertiary/aromatic N) is 1. The Hall–Kier alpha value is -1.10. The van der Waals surface area contributed by atoms with Crippen LogP contribution in [0, 0.1) is 5.92 Å². The van der Waals surface area contributed by atoms with Crippen LogP contribution in [-0.2, 0) is 9.59 Å². The minimum absolute atomic E-state index is 0.0523. The lowest BCUT2D eigenvalue weighted by molar-refractivity contribution is -0.142. The molecule has 98 valence electrons. The number of rotatable bonds is 6. The highest BCUT2D eigenvalue weighted by Gasteiger charge is 2.29. The van der Waals surface area contributed by atoms with E-state index in [4.69, 9.17) is 5.11 Å². The molecule has 5 heteroatoms. The van der Waals surface area contributed by atoms with Crippen molar-refractivity contribution in [2.75, 3.05) is 20.1 Å². The highest BCUT2D eigenvalue weighted by atomic mass is 16.4. The molecule has 0 saturated carbocycles. The average Bonchev–Trinajstić information content (AvgIpc) is 2.70. The molecule has 0 aromatic carbocycles. The van der Waals surface area contributed by atoms with Crippen LogP contribution in [0.4, 0.5) is 0 Å². The molecule has 2 atom stereocenters. The summed E-state index contributed by atoms with van der Waals surface area (Å²) >= 11 is 0. The normalized spacial score (nSPS) is 22.4. The number of carbonyl (C=O) groups excluding carboxylic acids is 1. The molecule has 1 fully saturated rings. The summed E-state index contributed by atoms with van der Waals surface area (Å²) in [6.45, 7) is 3.64. The molecular formula is C12H22N2O3. The molecule has 0 aromatic rings. The Bertz CT molecular complexity index is 281. The third-order valence-corrected chi connectivity index (χ3v) is 3.22. The molecule has 1 rings (SSSR count).